The Morgan fingerprint density at radius 3 is 2.76 bits per heavy atom. The molecular weight excluding hydrogens is 278 g/mol. The van der Waals surface area contributed by atoms with Crippen LogP contribution in [0.5, 0.6) is 0 Å². The standard InChI is InChI=1S/C13H15N3O5/c1-14-12(17)10-3-2-6-15(10)9-5-4-8(13(18)19)7-11(9)16(20)21/h4-5,7,10H,2-3,6H2,1H3,(H,14,17)(H,18,19). The Morgan fingerprint density at radius 2 is 2.19 bits per heavy atom. The van der Waals surface area contributed by atoms with Crippen molar-refractivity contribution in [2.24, 2.45) is 0 Å². The van der Waals surface area contributed by atoms with Gasteiger partial charge in [-0.2, -0.15) is 0 Å². The Hall–Kier alpha value is -2.64. The fraction of sp³-hybridized carbons (Fsp3) is 0.385. The molecule has 0 radical (unpaired) electrons. The van der Waals surface area contributed by atoms with Gasteiger partial charge in [0, 0.05) is 19.7 Å². The maximum absolute atomic E-state index is 11.8. The number of nitrogens with one attached hydrogen (secondary N) is 1. The van der Waals surface area contributed by atoms with E-state index in [9.17, 15) is 19.7 Å². The van der Waals surface area contributed by atoms with Gasteiger partial charge in [-0.15, -0.1) is 0 Å². The molecule has 1 fully saturated rings. The number of carbonyl (C=O) groups excluding carboxylic acids is 1. The summed E-state index contributed by atoms with van der Waals surface area (Å²) in [5.74, 6) is -1.43. The molecule has 21 heavy (non-hydrogen) atoms. The molecule has 1 atom stereocenters. The smallest absolute Gasteiger partial charge is 0.335 e. The van der Waals surface area contributed by atoms with E-state index in [0.29, 0.717) is 13.0 Å². The van der Waals surface area contributed by atoms with Gasteiger partial charge in [-0.3, -0.25) is 14.9 Å². The molecule has 2 N–H and O–H groups in total. The summed E-state index contributed by atoms with van der Waals surface area (Å²) < 4.78 is 0. The molecular formula is C13H15N3O5. The van der Waals surface area contributed by atoms with Crippen molar-refractivity contribution in [2.75, 3.05) is 18.5 Å². The van der Waals surface area contributed by atoms with Gasteiger partial charge >= 0.3 is 5.97 Å². The molecule has 1 aliphatic heterocycles. The number of hydrogen-bond donors (Lipinski definition) is 2. The third kappa shape index (κ3) is 2.78. The van der Waals surface area contributed by atoms with Crippen molar-refractivity contribution in [3.05, 3.63) is 33.9 Å². The first-order valence-electron chi connectivity index (χ1n) is 6.45. The average Bonchev–Trinajstić information content (AvgIpc) is 2.94. The highest BCUT2D eigenvalue weighted by Gasteiger charge is 2.34. The molecule has 1 saturated heterocycles. The van der Waals surface area contributed by atoms with Crippen molar-refractivity contribution in [2.45, 2.75) is 18.9 Å². The molecule has 1 aliphatic rings. The van der Waals surface area contributed by atoms with Gasteiger partial charge in [-0.1, -0.05) is 0 Å². The van der Waals surface area contributed by atoms with Gasteiger partial charge in [0.05, 0.1) is 10.5 Å². The summed E-state index contributed by atoms with van der Waals surface area (Å²) >= 11 is 0. The minimum Gasteiger partial charge on any atom is -0.478 e. The molecule has 8 nitrogen and oxygen atoms in total. The van der Waals surface area contributed by atoms with E-state index in [1.54, 1.807) is 4.90 Å². The van der Waals surface area contributed by atoms with E-state index in [1.165, 1.54) is 19.2 Å². The lowest BCUT2D eigenvalue weighted by atomic mass is 10.1. The Bertz CT molecular complexity index is 601. The topological polar surface area (TPSA) is 113 Å². The summed E-state index contributed by atoms with van der Waals surface area (Å²) in [5, 5.41) is 22.7. The van der Waals surface area contributed by atoms with E-state index >= 15 is 0 Å². The number of nitro benzene ring substituents is 1. The second kappa shape index (κ2) is 5.78. The van der Waals surface area contributed by atoms with Crippen LogP contribution in [0.25, 0.3) is 0 Å². The van der Waals surface area contributed by atoms with Gasteiger partial charge in [0.15, 0.2) is 0 Å². The second-order valence-electron chi connectivity index (χ2n) is 4.73. The number of hydrogen-bond acceptors (Lipinski definition) is 5. The maximum atomic E-state index is 11.8. The number of amides is 1. The quantitative estimate of drug-likeness (QED) is 0.632. The summed E-state index contributed by atoms with van der Waals surface area (Å²) in [6.45, 7) is 0.519. The maximum Gasteiger partial charge on any atom is 0.335 e. The Balaban J connectivity index is 2.45. The van der Waals surface area contributed by atoms with Crippen LogP contribution in [0.15, 0.2) is 18.2 Å². The number of aromatic carboxylic acids is 1. The second-order valence-corrected chi connectivity index (χ2v) is 4.73. The fourth-order valence-corrected chi connectivity index (χ4v) is 2.54. The number of carbonyl (C=O) groups is 2. The van der Waals surface area contributed by atoms with Crippen LogP contribution < -0.4 is 10.2 Å². The molecule has 1 heterocycles. The third-order valence-corrected chi connectivity index (χ3v) is 3.53. The van der Waals surface area contributed by atoms with Crippen LogP contribution >= 0.6 is 0 Å². The molecule has 0 spiro atoms. The van der Waals surface area contributed by atoms with Crippen LogP contribution in [0.2, 0.25) is 0 Å². The molecule has 112 valence electrons. The normalized spacial score (nSPS) is 17.6. The van der Waals surface area contributed by atoms with E-state index < -0.39 is 16.9 Å². The molecule has 0 aromatic heterocycles. The monoisotopic (exact) mass is 293 g/mol. The predicted octanol–water partition coefficient (Wildman–Crippen LogP) is 1.01. The molecule has 1 amide bonds. The van der Waals surface area contributed by atoms with E-state index in [1.807, 2.05) is 0 Å². The molecule has 0 saturated carbocycles. The minimum atomic E-state index is -1.23. The van der Waals surface area contributed by atoms with Crippen LogP contribution in [0.4, 0.5) is 11.4 Å². The van der Waals surface area contributed by atoms with E-state index in [2.05, 4.69) is 5.32 Å². The lowest BCUT2D eigenvalue weighted by Gasteiger charge is -2.25. The first kappa shape index (κ1) is 14.8. The lowest BCUT2D eigenvalue weighted by Crippen LogP contribution is -2.42. The van der Waals surface area contributed by atoms with E-state index in [-0.39, 0.29) is 22.8 Å². The third-order valence-electron chi connectivity index (χ3n) is 3.53. The number of carboxylic acids is 1. The molecule has 8 heteroatoms. The van der Waals surface area contributed by atoms with E-state index in [0.717, 1.165) is 12.5 Å². The van der Waals surface area contributed by atoms with Crippen LogP contribution in [-0.2, 0) is 4.79 Å². The highest BCUT2D eigenvalue weighted by atomic mass is 16.6. The van der Waals surface area contributed by atoms with Crippen LogP contribution in [0, 0.1) is 10.1 Å². The summed E-state index contributed by atoms with van der Waals surface area (Å²) in [5.41, 5.74) is -0.178. The van der Waals surface area contributed by atoms with Crippen molar-refractivity contribution >= 4 is 23.3 Å². The SMILES string of the molecule is CNC(=O)C1CCCN1c1ccc(C(=O)O)cc1[N+](=O)[O-]. The van der Waals surface area contributed by atoms with Crippen molar-refractivity contribution < 1.29 is 19.6 Å². The zero-order chi connectivity index (χ0) is 15.6. The molecule has 1 aromatic rings. The van der Waals surface area contributed by atoms with Crippen LogP contribution in [-0.4, -0.2) is 41.5 Å². The zero-order valence-corrected chi connectivity index (χ0v) is 11.4. The zero-order valence-electron chi connectivity index (χ0n) is 11.4. The van der Waals surface area contributed by atoms with Crippen molar-refractivity contribution in [3.63, 3.8) is 0 Å². The number of rotatable bonds is 4. The Morgan fingerprint density at radius 1 is 1.48 bits per heavy atom. The van der Waals surface area contributed by atoms with Gasteiger partial charge in [0.2, 0.25) is 5.91 Å². The number of nitro groups is 1. The summed E-state index contributed by atoms with van der Waals surface area (Å²) in [7, 11) is 1.51. The summed E-state index contributed by atoms with van der Waals surface area (Å²) in [6, 6.07) is 3.26. The number of benzene rings is 1. The number of anilines is 1. The molecule has 0 aliphatic carbocycles. The fourth-order valence-electron chi connectivity index (χ4n) is 2.54. The van der Waals surface area contributed by atoms with Crippen LogP contribution in [0.3, 0.4) is 0 Å². The molecule has 2 rings (SSSR count). The number of likely N-dealkylation sites (N-methyl/N-ethyl adjacent to an activating group) is 1. The summed E-state index contributed by atoms with van der Waals surface area (Å²) in [4.78, 5) is 35.0. The highest BCUT2D eigenvalue weighted by molar-refractivity contribution is 5.91. The lowest BCUT2D eigenvalue weighted by molar-refractivity contribution is -0.384. The molecule has 1 aromatic carbocycles. The molecule has 1 unspecified atom stereocenters. The first-order chi connectivity index (χ1) is 9.95. The Kier molecular flexibility index (Phi) is 4.06. The first-order valence-corrected chi connectivity index (χ1v) is 6.45. The van der Waals surface area contributed by atoms with Gasteiger partial charge in [0.1, 0.15) is 11.7 Å². The Labute approximate surface area is 120 Å². The van der Waals surface area contributed by atoms with Gasteiger partial charge in [0.25, 0.3) is 5.69 Å². The van der Waals surface area contributed by atoms with Crippen molar-refractivity contribution in [1.82, 2.24) is 5.32 Å². The van der Waals surface area contributed by atoms with Crippen LogP contribution in [0.1, 0.15) is 23.2 Å². The summed E-state index contributed by atoms with van der Waals surface area (Å²) in [6.07, 6.45) is 1.35. The number of nitrogens with zero attached hydrogens (tertiary/aromatic N) is 2. The predicted molar refractivity (Wildman–Crippen MR) is 74.5 cm³/mol. The number of carboxylic acid groups (broad SMARTS) is 1. The average molecular weight is 293 g/mol. The largest absolute Gasteiger partial charge is 0.478 e. The van der Waals surface area contributed by atoms with E-state index in [4.69, 9.17) is 5.11 Å². The van der Waals surface area contributed by atoms with Gasteiger partial charge in [-0.05, 0) is 25.0 Å². The van der Waals surface area contributed by atoms with Gasteiger partial charge < -0.3 is 15.3 Å². The molecule has 0 bridgehead atoms. The van der Waals surface area contributed by atoms with Crippen molar-refractivity contribution in [1.29, 1.82) is 0 Å². The minimum absolute atomic E-state index is 0.152. The highest BCUT2D eigenvalue weighted by Crippen LogP contribution is 2.34. The van der Waals surface area contributed by atoms with Crippen molar-refractivity contribution in [3.8, 4) is 0 Å². The van der Waals surface area contributed by atoms with Gasteiger partial charge in [-0.25, -0.2) is 4.79 Å².